The fourth-order valence-corrected chi connectivity index (χ4v) is 3.10. The number of nitrogens with zero attached hydrogens (tertiary/aromatic N) is 2. The fraction of sp³-hybridized carbons (Fsp3) is 0.150. The van der Waals surface area contributed by atoms with E-state index >= 15 is 0 Å². The number of fused-ring (bicyclic) bond motifs is 1. The van der Waals surface area contributed by atoms with Gasteiger partial charge < -0.3 is 19.5 Å². The summed E-state index contributed by atoms with van der Waals surface area (Å²) < 4.78 is 11.2. The number of ether oxygens (including phenoxy) is 1. The molecule has 0 spiro atoms. The number of pyridine rings is 1. The van der Waals surface area contributed by atoms with E-state index < -0.39 is 0 Å². The SMILES string of the molecule is COC(=O)Cc1ccc(CNc2ccc(-c3nc4ncc(Br)cc4[nH]3)cc2)o1. The highest BCUT2D eigenvalue weighted by Gasteiger charge is 2.09. The average Bonchev–Trinajstić information content (AvgIpc) is 3.33. The van der Waals surface area contributed by atoms with Crippen LogP contribution in [0.5, 0.6) is 0 Å². The Balaban J connectivity index is 1.41. The van der Waals surface area contributed by atoms with E-state index in [-0.39, 0.29) is 12.4 Å². The molecular formula is C20H17BrN4O3. The Labute approximate surface area is 169 Å². The van der Waals surface area contributed by atoms with Gasteiger partial charge in [-0.25, -0.2) is 9.97 Å². The van der Waals surface area contributed by atoms with Crippen LogP contribution in [-0.2, 0) is 22.5 Å². The number of imidazole rings is 1. The molecule has 0 saturated carbocycles. The molecule has 7 nitrogen and oxygen atoms in total. The van der Waals surface area contributed by atoms with Crippen molar-refractivity contribution in [1.82, 2.24) is 15.0 Å². The second-order valence-electron chi connectivity index (χ2n) is 6.16. The highest BCUT2D eigenvalue weighted by Crippen LogP contribution is 2.23. The van der Waals surface area contributed by atoms with E-state index in [9.17, 15) is 4.79 Å². The van der Waals surface area contributed by atoms with E-state index in [1.807, 2.05) is 36.4 Å². The number of aromatic nitrogens is 3. The topological polar surface area (TPSA) is 93.0 Å². The molecule has 8 heteroatoms. The Morgan fingerprint density at radius 3 is 2.79 bits per heavy atom. The molecule has 0 aliphatic rings. The monoisotopic (exact) mass is 440 g/mol. The lowest BCUT2D eigenvalue weighted by molar-refractivity contribution is -0.140. The maximum Gasteiger partial charge on any atom is 0.313 e. The standard InChI is InChI=1S/C20H17BrN4O3/c1-27-18(26)9-15-6-7-16(28-15)11-22-14-4-2-12(3-5-14)19-24-17-8-13(21)10-23-20(17)25-19/h2-8,10,22H,9,11H2,1H3,(H,23,24,25). The Hall–Kier alpha value is -3.13. The van der Waals surface area contributed by atoms with Gasteiger partial charge >= 0.3 is 5.97 Å². The van der Waals surface area contributed by atoms with Gasteiger partial charge in [0.25, 0.3) is 0 Å². The number of furan rings is 1. The van der Waals surface area contributed by atoms with Crippen LogP contribution in [-0.4, -0.2) is 28.0 Å². The molecule has 1 aromatic carbocycles. The molecule has 4 aromatic rings. The van der Waals surface area contributed by atoms with Gasteiger partial charge in [-0.3, -0.25) is 4.79 Å². The molecule has 0 aliphatic heterocycles. The van der Waals surface area contributed by atoms with Crippen molar-refractivity contribution in [3.05, 3.63) is 64.7 Å². The molecule has 4 rings (SSSR count). The first-order valence-corrected chi connectivity index (χ1v) is 9.40. The summed E-state index contributed by atoms with van der Waals surface area (Å²) >= 11 is 3.41. The average molecular weight is 441 g/mol. The molecule has 2 N–H and O–H groups in total. The number of carbonyl (C=O) groups excluding carboxylic acids is 1. The van der Waals surface area contributed by atoms with E-state index in [4.69, 9.17) is 4.42 Å². The number of halogens is 1. The van der Waals surface area contributed by atoms with Crippen LogP contribution in [0.3, 0.4) is 0 Å². The number of hydrogen-bond acceptors (Lipinski definition) is 6. The quantitative estimate of drug-likeness (QED) is 0.434. The van der Waals surface area contributed by atoms with Gasteiger partial charge in [-0.1, -0.05) is 0 Å². The van der Waals surface area contributed by atoms with Crippen LogP contribution in [0.25, 0.3) is 22.6 Å². The zero-order valence-electron chi connectivity index (χ0n) is 15.0. The van der Waals surface area contributed by atoms with Crippen LogP contribution < -0.4 is 5.32 Å². The van der Waals surface area contributed by atoms with Crippen molar-refractivity contribution in [2.75, 3.05) is 12.4 Å². The Morgan fingerprint density at radius 2 is 2.00 bits per heavy atom. The van der Waals surface area contributed by atoms with Gasteiger partial charge in [-0.15, -0.1) is 0 Å². The fourth-order valence-electron chi connectivity index (χ4n) is 2.77. The number of aromatic amines is 1. The van der Waals surface area contributed by atoms with Crippen molar-refractivity contribution in [3.63, 3.8) is 0 Å². The van der Waals surface area contributed by atoms with Crippen molar-refractivity contribution in [3.8, 4) is 11.4 Å². The second-order valence-corrected chi connectivity index (χ2v) is 7.08. The van der Waals surface area contributed by atoms with Crippen molar-refractivity contribution in [2.24, 2.45) is 0 Å². The number of H-pyrrole nitrogens is 1. The molecule has 3 heterocycles. The number of anilines is 1. The molecule has 0 saturated heterocycles. The van der Waals surface area contributed by atoms with Crippen LogP contribution in [0.2, 0.25) is 0 Å². The molecule has 0 fully saturated rings. The minimum absolute atomic E-state index is 0.133. The third-order valence-electron chi connectivity index (χ3n) is 4.19. The minimum Gasteiger partial charge on any atom is -0.469 e. The number of hydrogen-bond donors (Lipinski definition) is 2. The summed E-state index contributed by atoms with van der Waals surface area (Å²) in [6.07, 6.45) is 1.86. The van der Waals surface area contributed by atoms with Gasteiger partial charge in [0.2, 0.25) is 0 Å². The molecule has 0 aliphatic carbocycles. The number of rotatable bonds is 6. The number of esters is 1. The highest BCUT2D eigenvalue weighted by atomic mass is 79.9. The lowest BCUT2D eigenvalue weighted by Crippen LogP contribution is -2.03. The summed E-state index contributed by atoms with van der Waals surface area (Å²) in [5, 5.41) is 3.30. The van der Waals surface area contributed by atoms with Crippen molar-refractivity contribution < 1.29 is 13.9 Å². The third kappa shape index (κ3) is 4.07. The smallest absolute Gasteiger partial charge is 0.313 e. The van der Waals surface area contributed by atoms with Gasteiger partial charge in [0.05, 0.1) is 19.2 Å². The van der Waals surface area contributed by atoms with E-state index in [0.717, 1.165) is 32.8 Å². The zero-order chi connectivity index (χ0) is 19.5. The van der Waals surface area contributed by atoms with Crippen molar-refractivity contribution in [1.29, 1.82) is 0 Å². The molecule has 0 radical (unpaired) electrons. The van der Waals surface area contributed by atoms with Crippen LogP contribution in [0.15, 0.2) is 57.6 Å². The van der Waals surface area contributed by atoms with Gasteiger partial charge in [0.1, 0.15) is 23.8 Å². The summed E-state index contributed by atoms with van der Waals surface area (Å²) in [6, 6.07) is 13.5. The van der Waals surface area contributed by atoms with E-state index in [0.29, 0.717) is 18.0 Å². The van der Waals surface area contributed by atoms with E-state index in [1.165, 1.54) is 7.11 Å². The molecule has 0 atom stereocenters. The molecule has 142 valence electrons. The first-order chi connectivity index (χ1) is 13.6. The van der Waals surface area contributed by atoms with Gasteiger partial charge in [0.15, 0.2) is 5.65 Å². The predicted molar refractivity (Wildman–Crippen MR) is 109 cm³/mol. The number of carbonyl (C=O) groups is 1. The van der Waals surface area contributed by atoms with Crippen molar-refractivity contribution in [2.45, 2.75) is 13.0 Å². The van der Waals surface area contributed by atoms with Crippen LogP contribution in [0.1, 0.15) is 11.5 Å². The summed E-state index contributed by atoms with van der Waals surface area (Å²) in [7, 11) is 1.36. The zero-order valence-corrected chi connectivity index (χ0v) is 16.6. The lowest BCUT2D eigenvalue weighted by Gasteiger charge is -2.05. The van der Waals surface area contributed by atoms with Gasteiger partial charge in [-0.2, -0.15) is 0 Å². The van der Waals surface area contributed by atoms with Crippen LogP contribution >= 0.6 is 15.9 Å². The summed E-state index contributed by atoms with van der Waals surface area (Å²) in [4.78, 5) is 23.4. The summed E-state index contributed by atoms with van der Waals surface area (Å²) in [5.74, 6) is 1.78. The third-order valence-corrected chi connectivity index (χ3v) is 4.63. The number of methoxy groups -OCH3 is 1. The Bertz CT molecular complexity index is 1120. The first-order valence-electron chi connectivity index (χ1n) is 8.61. The van der Waals surface area contributed by atoms with Gasteiger partial charge in [-0.05, 0) is 58.4 Å². The number of nitrogens with one attached hydrogen (secondary N) is 2. The van der Waals surface area contributed by atoms with Gasteiger partial charge in [0, 0.05) is 21.9 Å². The second kappa shape index (κ2) is 7.85. The number of benzene rings is 1. The predicted octanol–water partition coefficient (Wildman–Crippen LogP) is 4.31. The molecule has 28 heavy (non-hydrogen) atoms. The maximum atomic E-state index is 11.3. The maximum absolute atomic E-state index is 11.3. The summed E-state index contributed by atoms with van der Waals surface area (Å²) in [5.41, 5.74) is 3.48. The largest absolute Gasteiger partial charge is 0.469 e. The molecule has 0 unspecified atom stereocenters. The lowest BCUT2D eigenvalue weighted by atomic mass is 10.2. The van der Waals surface area contributed by atoms with Crippen LogP contribution in [0.4, 0.5) is 5.69 Å². The molecular weight excluding hydrogens is 424 g/mol. The Kier molecular flexibility index (Phi) is 5.12. The molecule has 0 bridgehead atoms. The van der Waals surface area contributed by atoms with E-state index in [2.05, 4.69) is 40.9 Å². The molecule has 0 amide bonds. The normalized spacial score (nSPS) is 10.9. The van der Waals surface area contributed by atoms with Crippen molar-refractivity contribution >= 4 is 38.8 Å². The summed E-state index contributed by atoms with van der Waals surface area (Å²) in [6.45, 7) is 0.517. The molecule has 3 aromatic heterocycles. The Morgan fingerprint density at radius 1 is 1.21 bits per heavy atom. The highest BCUT2D eigenvalue weighted by molar-refractivity contribution is 9.10. The van der Waals surface area contributed by atoms with Crippen LogP contribution in [0, 0.1) is 0 Å². The minimum atomic E-state index is -0.322. The first kappa shape index (κ1) is 18.2. The van der Waals surface area contributed by atoms with E-state index in [1.54, 1.807) is 12.3 Å².